The Hall–Kier alpha value is -1.56. The molecule has 0 saturated heterocycles. The summed E-state index contributed by atoms with van der Waals surface area (Å²) < 4.78 is 0. The largest absolute Gasteiger partial charge is 0.0617 e. The fourth-order valence-corrected chi connectivity index (χ4v) is 4.00. The first-order valence-electron chi connectivity index (χ1n) is 10.5. The third-order valence-corrected chi connectivity index (χ3v) is 5.41. The van der Waals surface area contributed by atoms with Gasteiger partial charge in [-0.15, -0.1) is 0 Å². The molecule has 148 valence electrons. The summed E-state index contributed by atoms with van der Waals surface area (Å²) in [5, 5.41) is 0. The minimum absolute atomic E-state index is 0.172. The number of hydrogen-bond acceptors (Lipinski definition) is 0. The van der Waals surface area contributed by atoms with Crippen LogP contribution in [0, 0.1) is 0 Å². The average Bonchev–Trinajstić information content (AvgIpc) is 2.52. The Bertz CT molecular complexity index is 758. The van der Waals surface area contributed by atoms with Gasteiger partial charge in [-0.2, -0.15) is 0 Å². The molecule has 2 aromatic carbocycles. The molecular formula is C27H40. The highest BCUT2D eigenvalue weighted by Gasteiger charge is 2.27. The van der Waals surface area contributed by atoms with Crippen molar-refractivity contribution in [1.29, 1.82) is 0 Å². The van der Waals surface area contributed by atoms with E-state index < -0.39 is 0 Å². The average molecular weight is 365 g/mol. The fourth-order valence-electron chi connectivity index (χ4n) is 4.00. The lowest BCUT2D eigenvalue weighted by Crippen LogP contribution is -2.24. The molecule has 0 aliphatic rings. The summed E-state index contributed by atoms with van der Waals surface area (Å²) >= 11 is 0. The molecule has 2 rings (SSSR count). The normalized spacial score (nSPS) is 13.1. The summed E-state index contributed by atoms with van der Waals surface area (Å²) in [5.74, 6) is 0. The van der Waals surface area contributed by atoms with E-state index in [9.17, 15) is 0 Å². The van der Waals surface area contributed by atoms with Crippen molar-refractivity contribution in [3.63, 3.8) is 0 Å². The molecule has 0 saturated carbocycles. The first-order chi connectivity index (χ1) is 12.3. The zero-order valence-electron chi connectivity index (χ0n) is 19.2. The second-order valence-corrected chi connectivity index (χ2v) is 11.1. The van der Waals surface area contributed by atoms with E-state index in [4.69, 9.17) is 0 Å². The molecule has 0 radical (unpaired) electrons. The van der Waals surface area contributed by atoms with Crippen molar-refractivity contribution in [1.82, 2.24) is 0 Å². The fraction of sp³-hybridized carbons (Fsp3) is 0.556. The third kappa shape index (κ3) is 5.71. The van der Waals surface area contributed by atoms with Gasteiger partial charge in [0.1, 0.15) is 0 Å². The molecular weight excluding hydrogens is 324 g/mol. The van der Waals surface area contributed by atoms with Crippen LogP contribution >= 0.6 is 0 Å². The molecule has 0 bridgehead atoms. The molecule has 0 spiro atoms. The van der Waals surface area contributed by atoms with Crippen LogP contribution < -0.4 is 0 Å². The van der Waals surface area contributed by atoms with E-state index in [-0.39, 0.29) is 16.2 Å². The van der Waals surface area contributed by atoms with Gasteiger partial charge in [-0.05, 0) is 63.3 Å². The highest BCUT2D eigenvalue weighted by Crippen LogP contribution is 2.36. The van der Waals surface area contributed by atoms with E-state index in [1.807, 2.05) is 0 Å². The van der Waals surface area contributed by atoms with Gasteiger partial charge in [0.25, 0.3) is 0 Å². The van der Waals surface area contributed by atoms with Crippen LogP contribution in [0.3, 0.4) is 0 Å². The van der Waals surface area contributed by atoms with Crippen molar-refractivity contribution >= 4 is 0 Å². The van der Waals surface area contributed by atoms with Gasteiger partial charge >= 0.3 is 0 Å². The van der Waals surface area contributed by atoms with Crippen LogP contribution in [0.1, 0.15) is 96.6 Å². The smallest absolute Gasteiger partial charge is 0.0126 e. The van der Waals surface area contributed by atoms with Crippen LogP contribution in [0.5, 0.6) is 0 Å². The number of benzene rings is 2. The summed E-state index contributed by atoms with van der Waals surface area (Å²) in [6.45, 7) is 20.9. The molecule has 0 aromatic heterocycles. The van der Waals surface area contributed by atoms with Crippen LogP contribution in [-0.4, -0.2) is 0 Å². The summed E-state index contributed by atoms with van der Waals surface area (Å²) in [7, 11) is 0. The second-order valence-electron chi connectivity index (χ2n) is 11.1. The summed E-state index contributed by atoms with van der Waals surface area (Å²) in [6, 6.07) is 16.1. The van der Waals surface area contributed by atoms with E-state index in [1.165, 1.54) is 28.7 Å². The molecule has 2 aromatic rings. The maximum Gasteiger partial charge on any atom is -0.0126 e. The zero-order valence-corrected chi connectivity index (χ0v) is 19.2. The quantitative estimate of drug-likeness (QED) is 0.520. The third-order valence-electron chi connectivity index (χ3n) is 5.41. The SMILES string of the molecule is CC(C)(C)c1cccc(CCCc2cccc(C(C)(C)C)c2C(C)(C)C)c1. The molecule has 0 atom stereocenters. The predicted octanol–water partition coefficient (Wildman–Crippen LogP) is 7.75. The molecule has 0 heteroatoms. The summed E-state index contributed by atoms with van der Waals surface area (Å²) in [5.41, 5.74) is 8.06. The molecule has 0 aliphatic carbocycles. The van der Waals surface area contributed by atoms with Gasteiger partial charge in [-0.25, -0.2) is 0 Å². The lowest BCUT2D eigenvalue weighted by atomic mass is 9.72. The van der Waals surface area contributed by atoms with Crippen molar-refractivity contribution in [2.24, 2.45) is 0 Å². The lowest BCUT2D eigenvalue weighted by Gasteiger charge is -2.32. The Balaban J connectivity index is 2.22. The Labute approximate surface area is 168 Å². The van der Waals surface area contributed by atoms with Gasteiger partial charge in [-0.3, -0.25) is 0 Å². The summed E-state index contributed by atoms with van der Waals surface area (Å²) in [6.07, 6.45) is 3.49. The van der Waals surface area contributed by atoms with Crippen LogP contribution in [0.4, 0.5) is 0 Å². The molecule has 0 nitrogen and oxygen atoms in total. The van der Waals surface area contributed by atoms with Crippen molar-refractivity contribution < 1.29 is 0 Å². The second kappa shape index (κ2) is 7.82. The molecule has 0 amide bonds. The molecule has 0 N–H and O–H groups in total. The minimum Gasteiger partial charge on any atom is -0.0617 e. The Morgan fingerprint density at radius 3 is 1.81 bits per heavy atom. The molecule has 0 aliphatic heterocycles. The standard InChI is InChI=1S/C27H40/c1-25(2,3)22-17-11-14-20(19-22)13-10-15-21-16-12-18-23(26(4,5)6)24(21)27(7,8)9/h11-12,14,16-19H,10,13,15H2,1-9H3. The van der Waals surface area contributed by atoms with Crippen molar-refractivity contribution in [2.75, 3.05) is 0 Å². The van der Waals surface area contributed by atoms with Crippen LogP contribution in [0.25, 0.3) is 0 Å². The van der Waals surface area contributed by atoms with Gasteiger partial charge < -0.3 is 0 Å². The van der Waals surface area contributed by atoms with E-state index in [0.717, 1.165) is 12.8 Å². The van der Waals surface area contributed by atoms with Gasteiger partial charge in [0.15, 0.2) is 0 Å². The van der Waals surface area contributed by atoms with Crippen LogP contribution in [0.2, 0.25) is 0 Å². The van der Waals surface area contributed by atoms with E-state index in [1.54, 1.807) is 5.56 Å². The monoisotopic (exact) mass is 364 g/mol. The molecule has 0 unspecified atom stereocenters. The molecule has 27 heavy (non-hydrogen) atoms. The zero-order chi connectivity index (χ0) is 20.5. The van der Waals surface area contributed by atoms with Crippen LogP contribution in [-0.2, 0) is 29.1 Å². The molecule has 0 heterocycles. The Morgan fingerprint density at radius 2 is 1.26 bits per heavy atom. The van der Waals surface area contributed by atoms with Gasteiger partial charge in [-0.1, -0.05) is 105 Å². The van der Waals surface area contributed by atoms with Crippen molar-refractivity contribution in [2.45, 2.75) is 97.8 Å². The van der Waals surface area contributed by atoms with Gasteiger partial charge in [0.2, 0.25) is 0 Å². The highest BCUT2D eigenvalue weighted by atomic mass is 14.3. The number of hydrogen-bond donors (Lipinski definition) is 0. The minimum atomic E-state index is 0.172. The van der Waals surface area contributed by atoms with Gasteiger partial charge in [0, 0.05) is 0 Å². The van der Waals surface area contributed by atoms with Crippen molar-refractivity contribution in [3.05, 3.63) is 70.3 Å². The van der Waals surface area contributed by atoms with E-state index in [0.29, 0.717) is 0 Å². The van der Waals surface area contributed by atoms with Crippen molar-refractivity contribution in [3.8, 4) is 0 Å². The highest BCUT2D eigenvalue weighted by molar-refractivity contribution is 5.44. The predicted molar refractivity (Wildman–Crippen MR) is 121 cm³/mol. The maximum absolute atomic E-state index is 2.40. The maximum atomic E-state index is 2.40. The van der Waals surface area contributed by atoms with Crippen LogP contribution in [0.15, 0.2) is 42.5 Å². The van der Waals surface area contributed by atoms with E-state index in [2.05, 4.69) is 105 Å². The molecule has 0 fully saturated rings. The Kier molecular flexibility index (Phi) is 6.30. The first kappa shape index (κ1) is 21.7. The number of rotatable bonds is 4. The summed E-state index contributed by atoms with van der Waals surface area (Å²) in [4.78, 5) is 0. The first-order valence-corrected chi connectivity index (χ1v) is 10.5. The topological polar surface area (TPSA) is 0 Å². The van der Waals surface area contributed by atoms with Gasteiger partial charge in [0.05, 0.1) is 0 Å². The lowest BCUT2D eigenvalue weighted by molar-refractivity contribution is 0.523. The Morgan fingerprint density at radius 1 is 0.630 bits per heavy atom. The number of aryl methyl sites for hydroxylation is 2. The van der Waals surface area contributed by atoms with E-state index >= 15 is 0 Å².